The lowest BCUT2D eigenvalue weighted by atomic mass is 10.2. The molecule has 2 aromatic rings. The van der Waals surface area contributed by atoms with Crippen LogP contribution in [0.4, 0.5) is 4.39 Å². The highest BCUT2D eigenvalue weighted by Gasteiger charge is 2.33. The van der Waals surface area contributed by atoms with Crippen molar-refractivity contribution in [2.75, 3.05) is 11.5 Å². The highest BCUT2D eigenvalue weighted by atomic mass is 32.2. The quantitative estimate of drug-likeness (QED) is 0.589. The van der Waals surface area contributed by atoms with Crippen molar-refractivity contribution < 1.29 is 12.8 Å². The van der Waals surface area contributed by atoms with Gasteiger partial charge >= 0.3 is 5.69 Å². The van der Waals surface area contributed by atoms with E-state index in [4.69, 9.17) is 0 Å². The number of hydrogen-bond donors (Lipinski definition) is 0. The second kappa shape index (κ2) is 6.81. The summed E-state index contributed by atoms with van der Waals surface area (Å²) in [6.07, 6.45) is 2.98. The first-order chi connectivity index (χ1) is 12.4. The molecule has 0 unspecified atom stereocenters. The predicted octanol–water partition coefficient (Wildman–Crippen LogP) is 2.52. The van der Waals surface area contributed by atoms with Crippen LogP contribution in [-0.2, 0) is 28.4 Å². The third kappa shape index (κ3) is 3.32. The van der Waals surface area contributed by atoms with Crippen LogP contribution >= 0.6 is 11.8 Å². The van der Waals surface area contributed by atoms with Gasteiger partial charge in [-0.15, -0.1) is 11.8 Å². The first-order valence-electron chi connectivity index (χ1n) is 8.65. The minimum atomic E-state index is -3.07. The van der Waals surface area contributed by atoms with E-state index >= 15 is 0 Å². The fourth-order valence-corrected chi connectivity index (χ4v) is 6.55. The molecule has 1 aromatic heterocycles. The van der Waals surface area contributed by atoms with Crippen molar-refractivity contribution in [2.45, 2.75) is 42.5 Å². The Labute approximate surface area is 155 Å². The SMILES string of the molecule is O=c1nc(SCc2ccccc2F)c2c(n1[C@H]1CCS(=O)(=O)C1)CCC2. The molecule has 138 valence electrons. The second-order valence-corrected chi connectivity index (χ2v) is 9.98. The number of hydrogen-bond acceptors (Lipinski definition) is 5. The van der Waals surface area contributed by atoms with E-state index in [0.29, 0.717) is 22.8 Å². The molecule has 1 aliphatic heterocycles. The minimum absolute atomic E-state index is 0.0166. The number of thioether (sulfide) groups is 1. The molecule has 26 heavy (non-hydrogen) atoms. The zero-order valence-corrected chi connectivity index (χ0v) is 15.8. The molecule has 2 aliphatic rings. The largest absolute Gasteiger partial charge is 0.349 e. The molecule has 1 fully saturated rings. The Morgan fingerprint density at radius 1 is 1.27 bits per heavy atom. The summed E-state index contributed by atoms with van der Waals surface area (Å²) < 4.78 is 39.1. The molecular weight excluding hydrogens is 375 g/mol. The summed E-state index contributed by atoms with van der Waals surface area (Å²) in [5.74, 6) is 0.292. The summed E-state index contributed by atoms with van der Waals surface area (Å²) in [6, 6.07) is 6.28. The number of fused-ring (bicyclic) bond motifs is 1. The standard InChI is InChI=1S/C18H19FN2O3S2/c19-15-6-2-1-4-12(15)10-25-17-14-5-3-7-16(14)21(18(22)20-17)13-8-9-26(23,24)11-13/h1-2,4,6,13H,3,5,7-11H2/t13-/m0/s1. The number of nitrogens with zero attached hydrogens (tertiary/aromatic N) is 2. The molecule has 2 heterocycles. The lowest BCUT2D eigenvalue weighted by Crippen LogP contribution is -2.31. The van der Waals surface area contributed by atoms with E-state index in [1.807, 2.05) is 0 Å². The number of rotatable bonds is 4. The highest BCUT2D eigenvalue weighted by molar-refractivity contribution is 7.98. The highest BCUT2D eigenvalue weighted by Crippen LogP contribution is 2.34. The van der Waals surface area contributed by atoms with Crippen molar-refractivity contribution in [3.63, 3.8) is 0 Å². The van der Waals surface area contributed by atoms with E-state index in [-0.39, 0.29) is 29.1 Å². The third-order valence-electron chi connectivity index (χ3n) is 5.04. The van der Waals surface area contributed by atoms with E-state index < -0.39 is 9.84 Å². The first kappa shape index (κ1) is 17.7. The van der Waals surface area contributed by atoms with Gasteiger partial charge in [-0.2, -0.15) is 4.98 Å². The van der Waals surface area contributed by atoms with Crippen molar-refractivity contribution in [3.05, 3.63) is 57.4 Å². The summed E-state index contributed by atoms with van der Waals surface area (Å²) in [4.78, 5) is 16.9. The van der Waals surface area contributed by atoms with E-state index in [2.05, 4.69) is 4.98 Å². The van der Waals surface area contributed by atoms with Gasteiger partial charge in [0.05, 0.1) is 17.5 Å². The Kier molecular flexibility index (Phi) is 4.64. The minimum Gasteiger partial charge on any atom is -0.292 e. The summed E-state index contributed by atoms with van der Waals surface area (Å²) in [7, 11) is -3.07. The van der Waals surface area contributed by atoms with Gasteiger partial charge < -0.3 is 0 Å². The van der Waals surface area contributed by atoms with Crippen LogP contribution in [0.25, 0.3) is 0 Å². The Morgan fingerprint density at radius 2 is 2.08 bits per heavy atom. The monoisotopic (exact) mass is 394 g/mol. The molecule has 0 amide bonds. The molecular formula is C18H19FN2O3S2. The zero-order chi connectivity index (χ0) is 18.3. The van der Waals surface area contributed by atoms with Gasteiger partial charge in [-0.05, 0) is 37.3 Å². The molecule has 0 N–H and O–H groups in total. The normalized spacial score (nSPS) is 21.0. The molecule has 1 aromatic carbocycles. The van der Waals surface area contributed by atoms with Crippen LogP contribution in [0, 0.1) is 5.82 Å². The predicted molar refractivity (Wildman–Crippen MR) is 98.8 cm³/mol. The molecule has 0 spiro atoms. The summed E-state index contributed by atoms with van der Waals surface area (Å²) in [5.41, 5.74) is 2.14. The molecule has 0 bridgehead atoms. The van der Waals surface area contributed by atoms with Crippen molar-refractivity contribution in [3.8, 4) is 0 Å². The fourth-order valence-electron chi connectivity index (χ4n) is 3.78. The Balaban J connectivity index is 1.66. The maximum atomic E-state index is 13.8. The van der Waals surface area contributed by atoms with Crippen LogP contribution in [0.3, 0.4) is 0 Å². The summed E-state index contributed by atoms with van der Waals surface area (Å²) in [6.45, 7) is 0. The molecule has 8 heteroatoms. The van der Waals surface area contributed by atoms with Crippen molar-refractivity contribution in [2.24, 2.45) is 0 Å². The van der Waals surface area contributed by atoms with Crippen molar-refractivity contribution in [1.82, 2.24) is 9.55 Å². The smallest absolute Gasteiger partial charge is 0.292 e. The van der Waals surface area contributed by atoms with E-state index in [9.17, 15) is 17.6 Å². The number of sulfone groups is 1. The third-order valence-corrected chi connectivity index (χ3v) is 7.85. The van der Waals surface area contributed by atoms with Crippen LogP contribution in [0.2, 0.25) is 0 Å². The Bertz CT molecular complexity index is 1020. The van der Waals surface area contributed by atoms with Crippen molar-refractivity contribution >= 4 is 21.6 Å². The molecule has 1 saturated heterocycles. The van der Waals surface area contributed by atoms with Gasteiger partial charge in [0, 0.05) is 17.0 Å². The van der Waals surface area contributed by atoms with E-state index in [1.165, 1.54) is 17.8 Å². The molecule has 1 aliphatic carbocycles. The molecule has 0 radical (unpaired) electrons. The van der Waals surface area contributed by atoms with Gasteiger partial charge in [-0.1, -0.05) is 18.2 Å². The second-order valence-electron chi connectivity index (χ2n) is 6.79. The van der Waals surface area contributed by atoms with E-state index in [0.717, 1.165) is 30.5 Å². The number of aromatic nitrogens is 2. The molecule has 5 nitrogen and oxygen atoms in total. The van der Waals surface area contributed by atoms with Gasteiger partial charge in [0.1, 0.15) is 10.8 Å². The summed E-state index contributed by atoms with van der Waals surface area (Å²) >= 11 is 1.38. The Morgan fingerprint density at radius 3 is 2.81 bits per heavy atom. The number of halogens is 1. The van der Waals surface area contributed by atoms with Gasteiger partial charge in [0.25, 0.3) is 0 Å². The Hall–Kier alpha value is -1.67. The van der Waals surface area contributed by atoms with Crippen LogP contribution < -0.4 is 5.69 Å². The molecule has 0 saturated carbocycles. The number of benzene rings is 1. The van der Waals surface area contributed by atoms with Crippen LogP contribution in [0.15, 0.2) is 34.1 Å². The van der Waals surface area contributed by atoms with Crippen LogP contribution in [0.1, 0.15) is 35.7 Å². The van der Waals surface area contributed by atoms with Crippen LogP contribution in [0.5, 0.6) is 0 Å². The maximum absolute atomic E-state index is 13.8. The van der Waals surface area contributed by atoms with E-state index in [1.54, 1.807) is 22.8 Å². The van der Waals surface area contributed by atoms with Gasteiger partial charge in [-0.25, -0.2) is 17.6 Å². The topological polar surface area (TPSA) is 69.0 Å². The summed E-state index contributed by atoms with van der Waals surface area (Å²) in [5, 5.41) is 0.655. The molecule has 4 rings (SSSR count). The average Bonchev–Trinajstić information content (AvgIpc) is 3.20. The van der Waals surface area contributed by atoms with Crippen LogP contribution in [-0.4, -0.2) is 29.5 Å². The lowest BCUT2D eigenvalue weighted by molar-refractivity contribution is 0.502. The lowest BCUT2D eigenvalue weighted by Gasteiger charge is -2.18. The average molecular weight is 394 g/mol. The maximum Gasteiger partial charge on any atom is 0.349 e. The van der Waals surface area contributed by atoms with Gasteiger partial charge in [-0.3, -0.25) is 4.57 Å². The van der Waals surface area contributed by atoms with Gasteiger partial charge in [0.2, 0.25) is 0 Å². The fraction of sp³-hybridized carbons (Fsp3) is 0.444. The molecule has 1 atom stereocenters. The first-order valence-corrected chi connectivity index (χ1v) is 11.5. The van der Waals surface area contributed by atoms with Gasteiger partial charge in [0.15, 0.2) is 9.84 Å². The zero-order valence-electron chi connectivity index (χ0n) is 14.2. The van der Waals surface area contributed by atoms with Crippen molar-refractivity contribution in [1.29, 1.82) is 0 Å².